The van der Waals surface area contributed by atoms with E-state index in [2.05, 4.69) is 33.6 Å². The van der Waals surface area contributed by atoms with Crippen molar-refractivity contribution >= 4 is 0 Å². The van der Waals surface area contributed by atoms with E-state index < -0.39 is 0 Å². The molecule has 20 heavy (non-hydrogen) atoms. The number of fused-ring (bicyclic) bond motifs is 5. The molecule has 0 spiro atoms. The molecule has 2 bridgehead atoms. The number of rotatable bonds is 1. The van der Waals surface area contributed by atoms with Crippen molar-refractivity contribution in [2.24, 2.45) is 35.5 Å². The summed E-state index contributed by atoms with van der Waals surface area (Å²) >= 11 is 0. The van der Waals surface area contributed by atoms with Gasteiger partial charge in [-0.05, 0) is 68.1 Å². The van der Waals surface area contributed by atoms with Gasteiger partial charge in [-0.15, -0.1) is 19.7 Å². The predicted octanol–water partition coefficient (Wildman–Crippen LogP) is 6.74. The molecule has 3 aliphatic carbocycles. The molecule has 3 saturated carbocycles. The maximum absolute atomic E-state index is 3.36. The van der Waals surface area contributed by atoms with Crippen LogP contribution in [-0.2, 0) is 0 Å². The smallest absolute Gasteiger partial charge is 0.0349 e. The third kappa shape index (κ3) is 4.24. The third-order valence-corrected chi connectivity index (χ3v) is 5.34. The maximum Gasteiger partial charge on any atom is -0.0349 e. The second-order valence-electron chi connectivity index (χ2n) is 6.47. The maximum atomic E-state index is 3.36. The zero-order valence-corrected chi connectivity index (χ0v) is 14.7. The highest BCUT2D eigenvalue weighted by Crippen LogP contribution is 2.62. The molecular formula is C20H38. The SMILES string of the molecule is C=C.C=CC.CC.CC(C)C1CC2CC1C1CCCC21. The lowest BCUT2D eigenvalue weighted by Crippen LogP contribution is -2.27. The summed E-state index contributed by atoms with van der Waals surface area (Å²) in [7, 11) is 0. The van der Waals surface area contributed by atoms with Crippen molar-refractivity contribution in [3.63, 3.8) is 0 Å². The summed E-state index contributed by atoms with van der Waals surface area (Å²) in [6.07, 6.45) is 9.65. The normalized spacial score (nSPS) is 35.8. The number of allylic oxidation sites excluding steroid dienone is 1. The fraction of sp³-hybridized carbons (Fsp3) is 0.800. The fourth-order valence-corrected chi connectivity index (χ4v) is 4.89. The highest BCUT2D eigenvalue weighted by Gasteiger charge is 2.53. The van der Waals surface area contributed by atoms with Gasteiger partial charge < -0.3 is 0 Å². The Morgan fingerprint density at radius 3 is 1.95 bits per heavy atom. The Labute approximate surface area is 128 Å². The molecule has 0 aromatic rings. The molecule has 0 aromatic carbocycles. The van der Waals surface area contributed by atoms with Crippen molar-refractivity contribution in [2.75, 3.05) is 0 Å². The van der Waals surface area contributed by atoms with Crippen molar-refractivity contribution in [2.45, 2.75) is 66.7 Å². The molecule has 0 aromatic heterocycles. The predicted molar refractivity (Wildman–Crippen MR) is 93.8 cm³/mol. The number of hydrogen-bond donors (Lipinski definition) is 0. The summed E-state index contributed by atoms with van der Waals surface area (Å²) in [6.45, 7) is 20.1. The molecule has 0 radical (unpaired) electrons. The zero-order chi connectivity index (χ0) is 15.7. The summed E-state index contributed by atoms with van der Waals surface area (Å²) in [5, 5.41) is 0. The monoisotopic (exact) mass is 278 g/mol. The Morgan fingerprint density at radius 2 is 1.45 bits per heavy atom. The van der Waals surface area contributed by atoms with Crippen LogP contribution >= 0.6 is 0 Å². The molecule has 0 amide bonds. The number of hydrogen-bond acceptors (Lipinski definition) is 0. The topological polar surface area (TPSA) is 0 Å². The lowest BCUT2D eigenvalue weighted by atomic mass is 9.72. The van der Waals surface area contributed by atoms with Gasteiger partial charge in [0.25, 0.3) is 0 Å². The Hall–Kier alpha value is -0.520. The van der Waals surface area contributed by atoms with E-state index in [9.17, 15) is 0 Å². The molecule has 0 aliphatic heterocycles. The van der Waals surface area contributed by atoms with E-state index in [1.54, 1.807) is 38.2 Å². The summed E-state index contributed by atoms with van der Waals surface area (Å²) in [5.74, 6) is 6.72. The van der Waals surface area contributed by atoms with Crippen LogP contribution in [0.2, 0.25) is 0 Å². The molecule has 0 nitrogen and oxygen atoms in total. The molecule has 0 saturated heterocycles. The third-order valence-electron chi connectivity index (χ3n) is 5.34. The van der Waals surface area contributed by atoms with Crippen molar-refractivity contribution in [1.29, 1.82) is 0 Å². The molecule has 5 unspecified atom stereocenters. The Morgan fingerprint density at radius 1 is 0.950 bits per heavy atom. The molecular weight excluding hydrogens is 240 g/mol. The van der Waals surface area contributed by atoms with Crippen molar-refractivity contribution in [3.05, 3.63) is 25.8 Å². The molecule has 0 N–H and O–H groups in total. The average molecular weight is 279 g/mol. The van der Waals surface area contributed by atoms with E-state index in [0.29, 0.717) is 0 Å². The quantitative estimate of drug-likeness (QED) is 0.466. The van der Waals surface area contributed by atoms with Crippen LogP contribution in [0.15, 0.2) is 25.8 Å². The molecule has 118 valence electrons. The molecule has 3 rings (SSSR count). The fourth-order valence-electron chi connectivity index (χ4n) is 4.89. The minimum Gasteiger partial charge on any atom is -0.106 e. The first-order chi connectivity index (χ1) is 9.69. The van der Waals surface area contributed by atoms with Gasteiger partial charge in [-0.1, -0.05) is 40.2 Å². The van der Waals surface area contributed by atoms with E-state index in [4.69, 9.17) is 0 Å². The van der Waals surface area contributed by atoms with E-state index in [1.807, 2.05) is 20.8 Å². The van der Waals surface area contributed by atoms with Crippen LogP contribution in [0.5, 0.6) is 0 Å². The second kappa shape index (κ2) is 10.2. The van der Waals surface area contributed by atoms with Crippen LogP contribution in [0.3, 0.4) is 0 Å². The van der Waals surface area contributed by atoms with Crippen molar-refractivity contribution in [1.82, 2.24) is 0 Å². The Kier molecular flexibility index (Phi) is 9.98. The summed E-state index contributed by atoms with van der Waals surface area (Å²) in [5.41, 5.74) is 0. The van der Waals surface area contributed by atoms with E-state index >= 15 is 0 Å². The summed E-state index contributed by atoms with van der Waals surface area (Å²) < 4.78 is 0. The van der Waals surface area contributed by atoms with Gasteiger partial charge in [0.2, 0.25) is 0 Å². The molecule has 3 aliphatic rings. The van der Waals surface area contributed by atoms with Crippen LogP contribution in [0.25, 0.3) is 0 Å². The van der Waals surface area contributed by atoms with Crippen LogP contribution in [0, 0.1) is 35.5 Å². The molecule has 5 atom stereocenters. The van der Waals surface area contributed by atoms with Gasteiger partial charge >= 0.3 is 0 Å². The first kappa shape index (κ1) is 19.5. The van der Waals surface area contributed by atoms with Crippen molar-refractivity contribution in [3.8, 4) is 0 Å². The average Bonchev–Trinajstić information content (AvgIpc) is 3.16. The van der Waals surface area contributed by atoms with Crippen LogP contribution in [0.4, 0.5) is 0 Å². The van der Waals surface area contributed by atoms with Gasteiger partial charge in [0.1, 0.15) is 0 Å². The van der Waals surface area contributed by atoms with Crippen LogP contribution in [-0.4, -0.2) is 0 Å². The van der Waals surface area contributed by atoms with Gasteiger partial charge in [0.05, 0.1) is 0 Å². The molecule has 0 heterocycles. The minimum atomic E-state index is 0.955. The van der Waals surface area contributed by atoms with Crippen LogP contribution in [0.1, 0.15) is 66.7 Å². The highest BCUT2D eigenvalue weighted by atomic mass is 14.6. The Bertz CT molecular complexity index is 251. The van der Waals surface area contributed by atoms with E-state index in [-0.39, 0.29) is 0 Å². The van der Waals surface area contributed by atoms with E-state index in [0.717, 1.165) is 23.7 Å². The zero-order valence-electron chi connectivity index (χ0n) is 14.7. The van der Waals surface area contributed by atoms with Gasteiger partial charge in [0.15, 0.2) is 0 Å². The highest BCUT2D eigenvalue weighted by molar-refractivity contribution is 5.03. The summed E-state index contributed by atoms with van der Waals surface area (Å²) in [6, 6.07) is 0. The standard InChI is InChI=1S/C13H22.C3H6.C2H6.C2H4/c1-8(2)12-6-9-7-13(12)11-5-3-4-10(9)11;1-3-2;2*1-2/h8-13H,3-7H2,1-2H3;3H,1H2,2H3;1-2H3;1-2H2. The summed E-state index contributed by atoms with van der Waals surface area (Å²) in [4.78, 5) is 0. The second-order valence-corrected chi connectivity index (χ2v) is 6.47. The van der Waals surface area contributed by atoms with Gasteiger partial charge in [0, 0.05) is 0 Å². The first-order valence-electron chi connectivity index (χ1n) is 8.76. The largest absolute Gasteiger partial charge is 0.106 e. The van der Waals surface area contributed by atoms with Crippen LogP contribution < -0.4 is 0 Å². The lowest BCUT2D eigenvalue weighted by molar-refractivity contribution is 0.152. The first-order valence-corrected chi connectivity index (χ1v) is 8.76. The van der Waals surface area contributed by atoms with E-state index in [1.165, 1.54) is 11.8 Å². The van der Waals surface area contributed by atoms with Crippen molar-refractivity contribution < 1.29 is 0 Å². The van der Waals surface area contributed by atoms with Gasteiger partial charge in [-0.2, -0.15) is 0 Å². The molecule has 3 fully saturated rings. The minimum absolute atomic E-state index is 0.955. The van der Waals surface area contributed by atoms with Gasteiger partial charge in [-0.3, -0.25) is 0 Å². The van der Waals surface area contributed by atoms with Gasteiger partial charge in [-0.25, -0.2) is 0 Å². The Balaban J connectivity index is 0.000000451. The molecule has 0 heteroatoms. The lowest BCUT2D eigenvalue weighted by Gasteiger charge is -2.33.